The van der Waals surface area contributed by atoms with Gasteiger partial charge in [0, 0.05) is 26.2 Å². The first-order valence-electron chi connectivity index (χ1n) is 12.7. The van der Waals surface area contributed by atoms with E-state index in [4.69, 9.17) is 0 Å². The molecule has 2 heterocycles. The van der Waals surface area contributed by atoms with Gasteiger partial charge in [0.15, 0.2) is 0 Å². The number of piperazine rings is 1. The van der Waals surface area contributed by atoms with Gasteiger partial charge < -0.3 is 4.90 Å². The standard InChI is InChI=1S/C28H37F2N3O/c1-21(2)20-26(31-14-4-3-5-15-31)28(34)33-18-16-32(17-19-33)27(22-6-10-24(29)11-7-22)23-8-12-25(30)13-9-23/h6-13,21,26-27H,3-5,14-20H2,1-2H3/t26-/m0/s1. The summed E-state index contributed by atoms with van der Waals surface area (Å²) in [4.78, 5) is 20.4. The molecule has 6 heteroatoms. The Morgan fingerprint density at radius 2 is 1.24 bits per heavy atom. The molecule has 0 radical (unpaired) electrons. The summed E-state index contributed by atoms with van der Waals surface area (Å²) >= 11 is 0. The highest BCUT2D eigenvalue weighted by molar-refractivity contribution is 5.82. The van der Waals surface area contributed by atoms with Gasteiger partial charge in [0.05, 0.1) is 12.1 Å². The molecule has 2 fully saturated rings. The summed E-state index contributed by atoms with van der Waals surface area (Å²) < 4.78 is 27.2. The topological polar surface area (TPSA) is 26.8 Å². The monoisotopic (exact) mass is 469 g/mol. The highest BCUT2D eigenvalue weighted by atomic mass is 19.1. The number of hydrogen-bond acceptors (Lipinski definition) is 3. The van der Waals surface area contributed by atoms with Gasteiger partial charge in [-0.1, -0.05) is 44.5 Å². The fourth-order valence-electron chi connectivity index (χ4n) is 5.40. The van der Waals surface area contributed by atoms with Crippen LogP contribution in [0.25, 0.3) is 0 Å². The van der Waals surface area contributed by atoms with Crippen molar-refractivity contribution in [1.29, 1.82) is 0 Å². The zero-order chi connectivity index (χ0) is 24.1. The van der Waals surface area contributed by atoms with Crippen LogP contribution in [-0.2, 0) is 4.79 Å². The Balaban J connectivity index is 1.48. The third-order valence-corrected chi connectivity index (χ3v) is 7.17. The summed E-state index contributed by atoms with van der Waals surface area (Å²) in [5, 5.41) is 0. The normalized spacial score (nSPS) is 19.1. The predicted octanol–water partition coefficient (Wildman–Crippen LogP) is 5.10. The average Bonchev–Trinajstić information content (AvgIpc) is 2.85. The number of carbonyl (C=O) groups is 1. The van der Waals surface area contributed by atoms with Crippen LogP contribution in [0.3, 0.4) is 0 Å². The van der Waals surface area contributed by atoms with Crippen molar-refractivity contribution >= 4 is 5.91 Å². The molecule has 4 rings (SSSR count). The van der Waals surface area contributed by atoms with E-state index in [1.54, 1.807) is 24.3 Å². The molecule has 2 aromatic rings. The molecule has 0 bridgehead atoms. The van der Waals surface area contributed by atoms with Gasteiger partial charge in [0.1, 0.15) is 11.6 Å². The largest absolute Gasteiger partial charge is 0.339 e. The van der Waals surface area contributed by atoms with Gasteiger partial charge in [-0.05, 0) is 73.7 Å². The Kier molecular flexibility index (Phi) is 8.32. The number of amides is 1. The molecule has 34 heavy (non-hydrogen) atoms. The van der Waals surface area contributed by atoms with Gasteiger partial charge in [-0.3, -0.25) is 14.6 Å². The molecule has 2 aromatic carbocycles. The fourth-order valence-corrected chi connectivity index (χ4v) is 5.40. The van der Waals surface area contributed by atoms with Gasteiger partial charge in [0.2, 0.25) is 5.91 Å². The molecule has 1 atom stereocenters. The highest BCUT2D eigenvalue weighted by Gasteiger charge is 2.34. The van der Waals surface area contributed by atoms with Crippen LogP contribution in [0.2, 0.25) is 0 Å². The van der Waals surface area contributed by atoms with Gasteiger partial charge in [0.25, 0.3) is 0 Å². The van der Waals surface area contributed by atoms with Crippen molar-refractivity contribution in [2.45, 2.75) is 51.6 Å². The van der Waals surface area contributed by atoms with Crippen molar-refractivity contribution in [3.05, 3.63) is 71.3 Å². The van der Waals surface area contributed by atoms with Crippen LogP contribution in [0.1, 0.15) is 56.7 Å². The minimum atomic E-state index is -0.272. The molecule has 4 nitrogen and oxygen atoms in total. The van der Waals surface area contributed by atoms with Crippen molar-refractivity contribution in [3.63, 3.8) is 0 Å². The van der Waals surface area contributed by atoms with E-state index in [9.17, 15) is 13.6 Å². The van der Waals surface area contributed by atoms with Crippen LogP contribution < -0.4 is 0 Å². The van der Waals surface area contributed by atoms with Crippen LogP contribution in [0.15, 0.2) is 48.5 Å². The van der Waals surface area contributed by atoms with Crippen LogP contribution in [0.4, 0.5) is 8.78 Å². The van der Waals surface area contributed by atoms with E-state index >= 15 is 0 Å². The van der Waals surface area contributed by atoms with Gasteiger partial charge >= 0.3 is 0 Å². The maximum Gasteiger partial charge on any atom is 0.240 e. The predicted molar refractivity (Wildman–Crippen MR) is 131 cm³/mol. The lowest BCUT2D eigenvalue weighted by atomic mass is 9.95. The third kappa shape index (κ3) is 6.02. The number of carbonyl (C=O) groups excluding carboxylic acids is 1. The minimum absolute atomic E-state index is 0.0307. The molecule has 2 aliphatic heterocycles. The van der Waals surface area contributed by atoms with E-state index in [2.05, 4.69) is 23.6 Å². The minimum Gasteiger partial charge on any atom is -0.339 e. The number of benzene rings is 2. The van der Waals surface area contributed by atoms with E-state index in [1.807, 2.05) is 4.90 Å². The quantitative estimate of drug-likeness (QED) is 0.565. The second kappa shape index (κ2) is 11.4. The summed E-state index contributed by atoms with van der Waals surface area (Å²) in [5.74, 6) is 0.186. The first-order chi connectivity index (χ1) is 16.4. The van der Waals surface area contributed by atoms with Gasteiger partial charge in [-0.25, -0.2) is 8.78 Å². The van der Waals surface area contributed by atoms with Gasteiger partial charge in [-0.15, -0.1) is 0 Å². The lowest BCUT2D eigenvalue weighted by molar-refractivity contribution is -0.140. The molecular weight excluding hydrogens is 432 g/mol. The molecule has 2 saturated heterocycles. The van der Waals surface area contributed by atoms with E-state index in [-0.39, 0.29) is 29.6 Å². The van der Waals surface area contributed by atoms with E-state index in [1.165, 1.54) is 43.5 Å². The number of rotatable bonds is 7. The Hall–Kier alpha value is -2.31. The summed E-state index contributed by atoms with van der Waals surface area (Å²) in [6.07, 6.45) is 4.50. The van der Waals surface area contributed by atoms with Crippen molar-refractivity contribution < 1.29 is 13.6 Å². The molecule has 2 aliphatic rings. The lowest BCUT2D eigenvalue weighted by Crippen LogP contribution is -2.56. The lowest BCUT2D eigenvalue weighted by Gasteiger charge is -2.43. The van der Waals surface area contributed by atoms with Crippen molar-refractivity contribution in [1.82, 2.24) is 14.7 Å². The first kappa shape index (κ1) is 24.8. The van der Waals surface area contributed by atoms with Crippen LogP contribution in [-0.4, -0.2) is 65.9 Å². The smallest absolute Gasteiger partial charge is 0.240 e. The maximum atomic E-state index is 13.6. The van der Waals surface area contributed by atoms with E-state index in [0.717, 1.165) is 43.7 Å². The molecule has 0 aromatic heterocycles. The Bertz CT molecular complexity index is 872. The van der Waals surface area contributed by atoms with Crippen LogP contribution in [0.5, 0.6) is 0 Å². The van der Waals surface area contributed by atoms with Crippen molar-refractivity contribution in [3.8, 4) is 0 Å². The molecular formula is C28H37F2N3O. The fraction of sp³-hybridized carbons (Fsp3) is 0.536. The van der Waals surface area contributed by atoms with E-state index in [0.29, 0.717) is 19.0 Å². The summed E-state index contributed by atoms with van der Waals surface area (Å²) in [7, 11) is 0. The first-order valence-corrected chi connectivity index (χ1v) is 12.7. The Morgan fingerprint density at radius 3 is 1.71 bits per heavy atom. The zero-order valence-corrected chi connectivity index (χ0v) is 20.4. The number of piperidine rings is 1. The van der Waals surface area contributed by atoms with E-state index < -0.39 is 0 Å². The summed E-state index contributed by atoms with van der Waals surface area (Å²) in [6.45, 7) is 9.19. The number of hydrogen-bond donors (Lipinski definition) is 0. The molecule has 184 valence electrons. The maximum absolute atomic E-state index is 13.6. The zero-order valence-electron chi connectivity index (χ0n) is 20.4. The third-order valence-electron chi connectivity index (χ3n) is 7.17. The summed E-state index contributed by atoms with van der Waals surface area (Å²) in [5.41, 5.74) is 1.94. The highest BCUT2D eigenvalue weighted by Crippen LogP contribution is 2.30. The molecule has 1 amide bonds. The van der Waals surface area contributed by atoms with Crippen molar-refractivity contribution in [2.75, 3.05) is 39.3 Å². The number of halogens is 2. The average molecular weight is 470 g/mol. The number of likely N-dealkylation sites (tertiary alicyclic amines) is 1. The summed E-state index contributed by atoms with van der Waals surface area (Å²) in [6, 6.07) is 13.0. The van der Waals surface area contributed by atoms with Crippen molar-refractivity contribution in [2.24, 2.45) is 5.92 Å². The molecule has 0 saturated carbocycles. The molecule has 0 unspecified atom stereocenters. The molecule has 0 aliphatic carbocycles. The second-order valence-corrected chi connectivity index (χ2v) is 10.1. The van der Waals surface area contributed by atoms with Gasteiger partial charge in [-0.2, -0.15) is 0 Å². The Morgan fingerprint density at radius 1 is 0.735 bits per heavy atom. The number of nitrogens with zero attached hydrogens (tertiary/aromatic N) is 3. The molecule has 0 N–H and O–H groups in total. The Labute approximate surface area is 202 Å². The second-order valence-electron chi connectivity index (χ2n) is 10.1. The molecule has 0 spiro atoms. The SMILES string of the molecule is CC(C)C[C@@H](C(=O)N1CCN(C(c2ccc(F)cc2)c2ccc(F)cc2)CC1)N1CCCCC1. The van der Waals surface area contributed by atoms with Crippen LogP contribution in [0, 0.1) is 17.6 Å². The van der Waals surface area contributed by atoms with Crippen LogP contribution >= 0.6 is 0 Å².